The van der Waals surface area contributed by atoms with Crippen LogP contribution < -0.4 is 5.01 Å². The minimum Gasteiger partial charge on any atom is -0.272 e. The smallest absolute Gasteiger partial charge is 0.254 e. The summed E-state index contributed by atoms with van der Waals surface area (Å²) in [5.41, 5.74) is 1.65. The van der Waals surface area contributed by atoms with Gasteiger partial charge in [-0.15, -0.1) is 5.10 Å². The Hall–Kier alpha value is -2.30. The summed E-state index contributed by atoms with van der Waals surface area (Å²) in [6, 6.07) is 7.77. The molecule has 0 aliphatic carbocycles. The summed E-state index contributed by atoms with van der Waals surface area (Å²) >= 11 is 0. The lowest BCUT2D eigenvalue weighted by Crippen LogP contribution is -2.21. The highest BCUT2D eigenvalue weighted by Crippen LogP contribution is 2.27. The first-order valence-corrected chi connectivity index (χ1v) is 5.76. The first-order chi connectivity index (χ1) is 8.66. The van der Waals surface area contributed by atoms with E-state index >= 15 is 0 Å². The van der Waals surface area contributed by atoms with Gasteiger partial charge in [-0.3, -0.25) is 4.79 Å². The Kier molecular flexibility index (Phi) is 2.33. The largest absolute Gasteiger partial charge is 0.272 e. The van der Waals surface area contributed by atoms with Crippen LogP contribution in [-0.4, -0.2) is 21.8 Å². The second kappa shape index (κ2) is 3.87. The molecule has 0 saturated carbocycles. The molecule has 0 atom stereocenters. The summed E-state index contributed by atoms with van der Waals surface area (Å²) < 4.78 is 0. The SMILES string of the molecule is CC1=NN(c2nnc(C)c3ccccc23)C(=O)C1. The molecule has 0 fully saturated rings. The maximum atomic E-state index is 11.9. The van der Waals surface area contributed by atoms with Crippen molar-refractivity contribution in [1.29, 1.82) is 0 Å². The van der Waals surface area contributed by atoms with E-state index < -0.39 is 0 Å². The van der Waals surface area contributed by atoms with Crippen LogP contribution in [0, 0.1) is 6.92 Å². The molecule has 0 saturated heterocycles. The highest BCUT2D eigenvalue weighted by atomic mass is 16.2. The van der Waals surface area contributed by atoms with Gasteiger partial charge in [-0.1, -0.05) is 24.3 Å². The Morgan fingerprint density at radius 2 is 1.83 bits per heavy atom. The quantitative estimate of drug-likeness (QED) is 0.766. The van der Waals surface area contributed by atoms with E-state index in [1.165, 1.54) is 5.01 Å². The zero-order valence-corrected chi connectivity index (χ0v) is 10.2. The Morgan fingerprint density at radius 3 is 2.50 bits per heavy atom. The molecule has 1 aromatic carbocycles. The standard InChI is InChI=1S/C13H12N4O/c1-8-7-12(18)17(16-8)13-11-6-4-3-5-10(11)9(2)14-15-13/h3-6H,7H2,1-2H3. The molecule has 18 heavy (non-hydrogen) atoms. The normalized spacial score (nSPS) is 15.3. The molecule has 1 aromatic heterocycles. The van der Waals surface area contributed by atoms with Crippen LogP contribution in [0.25, 0.3) is 10.8 Å². The van der Waals surface area contributed by atoms with Gasteiger partial charge in [0, 0.05) is 16.5 Å². The summed E-state index contributed by atoms with van der Waals surface area (Å²) in [7, 11) is 0. The minimum absolute atomic E-state index is 0.0594. The summed E-state index contributed by atoms with van der Waals surface area (Å²) in [4.78, 5) is 11.9. The van der Waals surface area contributed by atoms with Crippen LogP contribution in [0.1, 0.15) is 19.0 Å². The number of aromatic nitrogens is 2. The van der Waals surface area contributed by atoms with Crippen molar-refractivity contribution >= 4 is 28.2 Å². The van der Waals surface area contributed by atoms with Gasteiger partial charge in [-0.05, 0) is 13.8 Å². The monoisotopic (exact) mass is 240 g/mol. The van der Waals surface area contributed by atoms with Gasteiger partial charge in [0.05, 0.1) is 12.1 Å². The maximum Gasteiger partial charge on any atom is 0.254 e. The van der Waals surface area contributed by atoms with Crippen molar-refractivity contribution in [2.24, 2.45) is 5.10 Å². The van der Waals surface area contributed by atoms with E-state index in [2.05, 4.69) is 15.3 Å². The number of carbonyl (C=O) groups is 1. The fraction of sp³-hybridized carbons (Fsp3) is 0.231. The van der Waals surface area contributed by atoms with Gasteiger partial charge in [0.25, 0.3) is 5.91 Å². The van der Waals surface area contributed by atoms with Gasteiger partial charge >= 0.3 is 0 Å². The lowest BCUT2D eigenvalue weighted by molar-refractivity contribution is -0.116. The van der Waals surface area contributed by atoms with Gasteiger partial charge in [-0.2, -0.15) is 15.2 Å². The van der Waals surface area contributed by atoms with Crippen molar-refractivity contribution in [1.82, 2.24) is 10.2 Å². The number of aryl methyl sites for hydroxylation is 1. The van der Waals surface area contributed by atoms with E-state index in [4.69, 9.17) is 0 Å². The lowest BCUT2D eigenvalue weighted by atomic mass is 10.1. The summed E-state index contributed by atoms with van der Waals surface area (Å²) in [6.07, 6.45) is 0.351. The van der Waals surface area contributed by atoms with E-state index in [0.29, 0.717) is 12.2 Å². The van der Waals surface area contributed by atoms with E-state index in [-0.39, 0.29) is 5.91 Å². The van der Waals surface area contributed by atoms with E-state index in [1.54, 1.807) is 0 Å². The number of hydrogen-bond donors (Lipinski definition) is 0. The molecular formula is C13H12N4O. The number of hydrazone groups is 1. The fourth-order valence-corrected chi connectivity index (χ4v) is 2.10. The van der Waals surface area contributed by atoms with Crippen LogP contribution in [0.4, 0.5) is 5.82 Å². The number of fused-ring (bicyclic) bond motifs is 1. The van der Waals surface area contributed by atoms with Crippen molar-refractivity contribution in [2.75, 3.05) is 5.01 Å². The second-order valence-electron chi connectivity index (χ2n) is 4.37. The van der Waals surface area contributed by atoms with Crippen LogP contribution in [0.3, 0.4) is 0 Å². The molecule has 1 aliphatic rings. The number of hydrogen-bond acceptors (Lipinski definition) is 4. The fourth-order valence-electron chi connectivity index (χ4n) is 2.10. The molecule has 90 valence electrons. The highest BCUT2D eigenvalue weighted by Gasteiger charge is 2.26. The van der Waals surface area contributed by atoms with E-state index in [0.717, 1.165) is 22.2 Å². The van der Waals surface area contributed by atoms with E-state index in [9.17, 15) is 4.79 Å². The Balaban J connectivity index is 2.25. The summed E-state index contributed by atoms with van der Waals surface area (Å²) in [5.74, 6) is 0.453. The molecule has 2 aromatic rings. The number of nitrogens with zero attached hydrogens (tertiary/aromatic N) is 4. The Bertz CT molecular complexity index is 678. The molecule has 0 radical (unpaired) electrons. The third-order valence-corrected chi connectivity index (χ3v) is 2.97. The first kappa shape index (κ1) is 10.8. The number of rotatable bonds is 1. The number of anilines is 1. The zero-order chi connectivity index (χ0) is 12.7. The summed E-state index contributed by atoms with van der Waals surface area (Å²) in [6.45, 7) is 3.74. The van der Waals surface area contributed by atoms with Gasteiger partial charge in [-0.25, -0.2) is 0 Å². The molecule has 0 N–H and O–H groups in total. The Morgan fingerprint density at radius 1 is 1.11 bits per heavy atom. The maximum absolute atomic E-state index is 11.9. The van der Waals surface area contributed by atoms with Crippen molar-refractivity contribution in [3.8, 4) is 0 Å². The zero-order valence-electron chi connectivity index (χ0n) is 10.2. The van der Waals surface area contributed by atoms with E-state index in [1.807, 2.05) is 38.1 Å². The van der Waals surface area contributed by atoms with Gasteiger partial charge in [0.2, 0.25) is 0 Å². The van der Waals surface area contributed by atoms with Crippen LogP contribution in [0.2, 0.25) is 0 Å². The molecular weight excluding hydrogens is 228 g/mol. The molecule has 3 rings (SSSR count). The molecule has 5 heteroatoms. The van der Waals surface area contributed by atoms with Gasteiger partial charge < -0.3 is 0 Å². The summed E-state index contributed by atoms with van der Waals surface area (Å²) in [5, 5.41) is 15.7. The van der Waals surface area contributed by atoms with Crippen LogP contribution in [-0.2, 0) is 4.79 Å². The first-order valence-electron chi connectivity index (χ1n) is 5.76. The highest BCUT2D eigenvalue weighted by molar-refractivity contribution is 6.14. The van der Waals surface area contributed by atoms with Crippen molar-refractivity contribution in [3.63, 3.8) is 0 Å². The third kappa shape index (κ3) is 1.55. The molecule has 1 amide bonds. The molecule has 1 aliphatic heterocycles. The topological polar surface area (TPSA) is 58.5 Å². The minimum atomic E-state index is -0.0594. The molecule has 0 bridgehead atoms. The van der Waals surface area contributed by atoms with Crippen LogP contribution in [0.5, 0.6) is 0 Å². The predicted molar refractivity (Wildman–Crippen MR) is 69.5 cm³/mol. The molecule has 5 nitrogen and oxygen atoms in total. The third-order valence-electron chi connectivity index (χ3n) is 2.97. The number of benzene rings is 1. The van der Waals surface area contributed by atoms with Crippen molar-refractivity contribution in [3.05, 3.63) is 30.0 Å². The molecule has 0 spiro atoms. The molecule has 0 unspecified atom stereocenters. The molecule has 2 heterocycles. The number of amides is 1. The van der Waals surface area contributed by atoms with Crippen molar-refractivity contribution in [2.45, 2.75) is 20.3 Å². The predicted octanol–water partition coefficient (Wildman–Crippen LogP) is 2.05. The number of carbonyl (C=O) groups excluding carboxylic acids is 1. The second-order valence-corrected chi connectivity index (χ2v) is 4.37. The van der Waals surface area contributed by atoms with Crippen LogP contribution >= 0.6 is 0 Å². The Labute approximate surface area is 104 Å². The van der Waals surface area contributed by atoms with Crippen molar-refractivity contribution < 1.29 is 4.79 Å². The lowest BCUT2D eigenvalue weighted by Gasteiger charge is -2.13. The van der Waals surface area contributed by atoms with Crippen LogP contribution in [0.15, 0.2) is 29.4 Å². The van der Waals surface area contributed by atoms with Gasteiger partial charge in [0.15, 0.2) is 5.82 Å². The average Bonchev–Trinajstić information content (AvgIpc) is 2.69. The average molecular weight is 240 g/mol. The van der Waals surface area contributed by atoms with Gasteiger partial charge in [0.1, 0.15) is 0 Å².